The molecule has 2 heterocycles. The predicted molar refractivity (Wildman–Crippen MR) is 97.0 cm³/mol. The summed E-state index contributed by atoms with van der Waals surface area (Å²) in [6.07, 6.45) is 4.63. The van der Waals surface area contributed by atoms with Gasteiger partial charge in [0, 0.05) is 23.8 Å². The number of rotatable bonds is 8. The molecule has 7 nitrogen and oxygen atoms in total. The molecule has 2 rings (SSSR count). The van der Waals surface area contributed by atoms with Crippen LogP contribution >= 0.6 is 0 Å². The van der Waals surface area contributed by atoms with Crippen LogP contribution in [0.25, 0.3) is 0 Å². The van der Waals surface area contributed by atoms with Crippen LogP contribution in [0.15, 0.2) is 0 Å². The molecular formula is C18H28N4O3. The highest BCUT2D eigenvalue weighted by Crippen LogP contribution is 2.29. The molecule has 1 aliphatic heterocycles. The quantitative estimate of drug-likeness (QED) is 0.700. The van der Waals surface area contributed by atoms with E-state index in [0.29, 0.717) is 41.6 Å². The van der Waals surface area contributed by atoms with Crippen LogP contribution in [0.1, 0.15) is 54.0 Å². The van der Waals surface area contributed by atoms with Crippen LogP contribution in [0.3, 0.4) is 0 Å². The van der Waals surface area contributed by atoms with Crippen LogP contribution in [-0.4, -0.2) is 54.2 Å². The van der Waals surface area contributed by atoms with Gasteiger partial charge < -0.3 is 20.1 Å². The second-order valence-corrected chi connectivity index (χ2v) is 6.75. The van der Waals surface area contributed by atoms with Crippen LogP contribution in [0.5, 0.6) is 0 Å². The fourth-order valence-electron chi connectivity index (χ4n) is 3.77. The fourth-order valence-corrected chi connectivity index (χ4v) is 3.77. The summed E-state index contributed by atoms with van der Waals surface area (Å²) in [5.41, 5.74) is 2.38. The molecule has 2 unspecified atom stereocenters. The van der Waals surface area contributed by atoms with Gasteiger partial charge in [0.1, 0.15) is 6.04 Å². The van der Waals surface area contributed by atoms with Gasteiger partial charge in [-0.2, -0.15) is 0 Å². The zero-order chi connectivity index (χ0) is 18.6. The molecule has 0 aliphatic carbocycles. The maximum Gasteiger partial charge on any atom is 0.242 e. The number of carbonyl (C=O) groups excluding carboxylic acids is 3. The molecule has 0 bridgehead atoms. The molecule has 1 aromatic heterocycles. The number of aromatic nitrogens is 1. The van der Waals surface area contributed by atoms with E-state index in [0.717, 1.165) is 19.3 Å². The Balaban J connectivity index is 2.07. The summed E-state index contributed by atoms with van der Waals surface area (Å²) in [5, 5.41) is 5.60. The van der Waals surface area contributed by atoms with Gasteiger partial charge in [-0.1, -0.05) is 0 Å². The van der Waals surface area contributed by atoms with E-state index in [2.05, 4.69) is 22.6 Å². The Labute approximate surface area is 148 Å². The molecule has 138 valence electrons. The van der Waals surface area contributed by atoms with Crippen molar-refractivity contribution in [2.24, 2.45) is 0 Å². The molecule has 2 atom stereocenters. The zero-order valence-corrected chi connectivity index (χ0v) is 15.5. The van der Waals surface area contributed by atoms with E-state index in [-0.39, 0.29) is 5.91 Å². The van der Waals surface area contributed by atoms with Crippen LogP contribution in [0.4, 0.5) is 5.69 Å². The van der Waals surface area contributed by atoms with Gasteiger partial charge in [0.25, 0.3) is 0 Å². The topological polar surface area (TPSA) is 83.4 Å². The standard InChI is InChI=1S/C18H28N4O3/c1-12-16(10-23)22(13(2)17(12)20-11-24)14(3)18(25)19-8-7-15-6-5-9-21(15)4/h10-11,14-15H,5-9H2,1-4H3,(H,19,25)(H,20,24). The molecular weight excluding hydrogens is 320 g/mol. The SMILES string of the molecule is Cc1c(NC=O)c(C)n(C(C)C(=O)NCCC2CCCN2C)c1C=O. The number of hydrogen-bond acceptors (Lipinski definition) is 4. The molecule has 1 aliphatic rings. The van der Waals surface area contributed by atoms with Gasteiger partial charge in [0.15, 0.2) is 6.29 Å². The third-order valence-electron chi connectivity index (χ3n) is 5.27. The second-order valence-electron chi connectivity index (χ2n) is 6.75. The van der Waals surface area contributed by atoms with Crippen molar-refractivity contribution in [2.75, 3.05) is 25.5 Å². The highest BCUT2D eigenvalue weighted by Gasteiger charge is 2.25. The number of hydrogen-bond donors (Lipinski definition) is 2. The second kappa shape index (κ2) is 8.29. The summed E-state index contributed by atoms with van der Waals surface area (Å²) in [6, 6.07) is 0.00232. The number of aldehydes is 1. The molecule has 1 aromatic rings. The van der Waals surface area contributed by atoms with E-state index < -0.39 is 6.04 Å². The first kappa shape index (κ1) is 19.2. The number of nitrogens with zero attached hydrogens (tertiary/aromatic N) is 2. The minimum atomic E-state index is -0.526. The molecule has 25 heavy (non-hydrogen) atoms. The maximum atomic E-state index is 12.5. The van der Waals surface area contributed by atoms with Crippen molar-refractivity contribution in [3.05, 3.63) is 17.0 Å². The first-order valence-corrected chi connectivity index (χ1v) is 8.77. The first-order chi connectivity index (χ1) is 11.9. The third-order valence-corrected chi connectivity index (χ3v) is 5.27. The number of amides is 2. The van der Waals surface area contributed by atoms with Gasteiger partial charge in [-0.05, 0) is 53.6 Å². The van der Waals surface area contributed by atoms with Crippen molar-refractivity contribution in [3.63, 3.8) is 0 Å². The Morgan fingerprint density at radius 1 is 1.36 bits per heavy atom. The number of anilines is 1. The molecule has 1 saturated heterocycles. The van der Waals surface area contributed by atoms with Gasteiger partial charge >= 0.3 is 0 Å². The molecule has 0 saturated carbocycles. The lowest BCUT2D eigenvalue weighted by molar-refractivity contribution is -0.123. The summed E-state index contributed by atoms with van der Waals surface area (Å²) in [5.74, 6) is -0.125. The van der Waals surface area contributed by atoms with Crippen molar-refractivity contribution >= 4 is 24.3 Å². The molecule has 2 N–H and O–H groups in total. The van der Waals surface area contributed by atoms with Crippen LogP contribution < -0.4 is 10.6 Å². The van der Waals surface area contributed by atoms with Gasteiger partial charge in [0.05, 0.1) is 11.4 Å². The van der Waals surface area contributed by atoms with Crippen molar-refractivity contribution < 1.29 is 14.4 Å². The number of carbonyl (C=O) groups is 3. The van der Waals surface area contributed by atoms with Crippen LogP contribution in [0.2, 0.25) is 0 Å². The monoisotopic (exact) mass is 348 g/mol. The van der Waals surface area contributed by atoms with E-state index in [1.165, 1.54) is 12.8 Å². The zero-order valence-electron chi connectivity index (χ0n) is 15.5. The van der Waals surface area contributed by atoms with E-state index >= 15 is 0 Å². The lowest BCUT2D eigenvalue weighted by atomic mass is 10.1. The lowest BCUT2D eigenvalue weighted by Gasteiger charge is -2.21. The van der Waals surface area contributed by atoms with Crippen molar-refractivity contribution in [1.29, 1.82) is 0 Å². The number of nitrogens with one attached hydrogen (secondary N) is 2. The Kier molecular flexibility index (Phi) is 6.36. The Bertz CT molecular complexity index is 653. The smallest absolute Gasteiger partial charge is 0.242 e. The highest BCUT2D eigenvalue weighted by molar-refractivity contribution is 5.87. The van der Waals surface area contributed by atoms with E-state index in [9.17, 15) is 14.4 Å². The summed E-state index contributed by atoms with van der Waals surface area (Å²) >= 11 is 0. The van der Waals surface area contributed by atoms with Crippen LogP contribution in [-0.2, 0) is 9.59 Å². The molecule has 0 spiro atoms. The molecule has 7 heteroatoms. The van der Waals surface area contributed by atoms with Crippen molar-refractivity contribution in [3.8, 4) is 0 Å². The average molecular weight is 348 g/mol. The Morgan fingerprint density at radius 2 is 2.08 bits per heavy atom. The predicted octanol–water partition coefficient (Wildman–Crippen LogP) is 1.65. The largest absolute Gasteiger partial charge is 0.354 e. The third kappa shape index (κ3) is 3.92. The van der Waals surface area contributed by atoms with Gasteiger partial charge in [-0.15, -0.1) is 0 Å². The average Bonchev–Trinajstić information content (AvgIpc) is 3.10. The summed E-state index contributed by atoms with van der Waals surface area (Å²) in [4.78, 5) is 37.2. The molecule has 0 radical (unpaired) electrons. The van der Waals surface area contributed by atoms with Crippen molar-refractivity contribution in [1.82, 2.24) is 14.8 Å². The van der Waals surface area contributed by atoms with E-state index in [1.807, 2.05) is 0 Å². The Hall–Kier alpha value is -2.15. The van der Waals surface area contributed by atoms with Gasteiger partial charge in [-0.3, -0.25) is 14.4 Å². The molecule has 2 amide bonds. The first-order valence-electron chi connectivity index (χ1n) is 8.77. The summed E-state index contributed by atoms with van der Waals surface area (Å²) < 4.78 is 1.69. The summed E-state index contributed by atoms with van der Waals surface area (Å²) in [7, 11) is 2.12. The van der Waals surface area contributed by atoms with E-state index in [1.54, 1.807) is 25.3 Å². The van der Waals surface area contributed by atoms with Crippen LogP contribution in [0, 0.1) is 13.8 Å². The highest BCUT2D eigenvalue weighted by atomic mass is 16.2. The molecule has 0 aromatic carbocycles. The normalized spacial score (nSPS) is 18.8. The van der Waals surface area contributed by atoms with Crippen molar-refractivity contribution in [2.45, 2.75) is 52.1 Å². The van der Waals surface area contributed by atoms with Gasteiger partial charge in [0.2, 0.25) is 12.3 Å². The lowest BCUT2D eigenvalue weighted by Crippen LogP contribution is -2.35. The minimum absolute atomic E-state index is 0.125. The minimum Gasteiger partial charge on any atom is -0.354 e. The van der Waals surface area contributed by atoms with Gasteiger partial charge in [-0.25, -0.2) is 0 Å². The maximum absolute atomic E-state index is 12.5. The number of likely N-dealkylation sites (tertiary alicyclic amines) is 1. The summed E-state index contributed by atoms with van der Waals surface area (Å²) in [6.45, 7) is 7.06. The Morgan fingerprint density at radius 3 is 2.64 bits per heavy atom. The fraction of sp³-hybridized carbons (Fsp3) is 0.611. The van der Waals surface area contributed by atoms with E-state index in [4.69, 9.17) is 0 Å². The molecule has 1 fully saturated rings.